The summed E-state index contributed by atoms with van der Waals surface area (Å²) in [7, 11) is 0. The fraction of sp³-hybridized carbons (Fsp3) is 0. The zero-order valence-corrected chi connectivity index (χ0v) is 10.0. The van der Waals surface area contributed by atoms with Gasteiger partial charge in [0.25, 0.3) is 0 Å². The second kappa shape index (κ2) is 3.40. The van der Waals surface area contributed by atoms with E-state index >= 15 is 0 Å². The average molecular weight is 319 g/mol. The smallest absolute Gasteiger partial charge is 0.337 e. The highest BCUT2D eigenvalue weighted by molar-refractivity contribution is 9.13. The molecule has 0 aliphatic heterocycles. The van der Waals surface area contributed by atoms with Crippen LogP contribution in [0, 0.1) is 0 Å². The van der Waals surface area contributed by atoms with Crippen LogP contribution in [0.1, 0.15) is 10.4 Å². The second-order valence-electron chi connectivity index (χ2n) is 2.84. The van der Waals surface area contributed by atoms with Gasteiger partial charge in [-0.3, -0.25) is 0 Å². The maximum Gasteiger partial charge on any atom is 0.337 e. The van der Waals surface area contributed by atoms with E-state index < -0.39 is 5.97 Å². The molecule has 2 aromatic rings. The Morgan fingerprint density at radius 3 is 2.57 bits per heavy atom. The molecule has 14 heavy (non-hydrogen) atoms. The third-order valence-electron chi connectivity index (χ3n) is 1.88. The van der Waals surface area contributed by atoms with Crippen LogP contribution >= 0.6 is 31.9 Å². The van der Waals surface area contributed by atoms with E-state index in [4.69, 9.17) is 5.11 Å². The summed E-state index contributed by atoms with van der Waals surface area (Å²) in [5, 5.41) is 8.79. The topological polar surface area (TPSA) is 41.7 Å². The first-order valence-electron chi connectivity index (χ1n) is 3.78. The standard InChI is InChI=1S/C9H5Br2NO2/c10-7-2-6-1-5(9(13)14)3-12(6)4-8(7)11/h1-4H,(H,13,14). The van der Waals surface area contributed by atoms with E-state index in [1.807, 2.05) is 12.3 Å². The van der Waals surface area contributed by atoms with Crippen LogP contribution in [0.15, 0.2) is 33.5 Å². The van der Waals surface area contributed by atoms with Crippen molar-refractivity contribution in [3.63, 3.8) is 0 Å². The van der Waals surface area contributed by atoms with Crippen LogP contribution in [0.2, 0.25) is 0 Å². The Hall–Kier alpha value is -0.810. The predicted octanol–water partition coefficient (Wildman–Crippen LogP) is 3.16. The first-order chi connectivity index (χ1) is 6.58. The van der Waals surface area contributed by atoms with Crippen LogP contribution < -0.4 is 0 Å². The Labute approximate surface area is 96.6 Å². The number of carboxylic acids is 1. The fourth-order valence-corrected chi connectivity index (χ4v) is 1.89. The van der Waals surface area contributed by atoms with Crippen LogP contribution in [-0.2, 0) is 0 Å². The lowest BCUT2D eigenvalue weighted by atomic mass is 10.3. The summed E-state index contributed by atoms with van der Waals surface area (Å²) in [6, 6.07) is 3.48. The summed E-state index contributed by atoms with van der Waals surface area (Å²) in [4.78, 5) is 10.7. The lowest BCUT2D eigenvalue weighted by Crippen LogP contribution is -1.92. The number of hydrogen-bond acceptors (Lipinski definition) is 1. The van der Waals surface area contributed by atoms with E-state index in [2.05, 4.69) is 31.9 Å². The van der Waals surface area contributed by atoms with Gasteiger partial charge in [-0.15, -0.1) is 0 Å². The minimum atomic E-state index is -0.916. The summed E-state index contributed by atoms with van der Waals surface area (Å²) in [5.74, 6) is -0.916. The Balaban J connectivity index is 2.72. The normalized spacial score (nSPS) is 10.7. The van der Waals surface area contributed by atoms with E-state index in [1.54, 1.807) is 16.7 Å². The summed E-state index contributed by atoms with van der Waals surface area (Å²) >= 11 is 6.70. The summed E-state index contributed by atoms with van der Waals surface area (Å²) in [6.07, 6.45) is 3.39. The van der Waals surface area contributed by atoms with Gasteiger partial charge >= 0.3 is 5.97 Å². The van der Waals surface area contributed by atoms with Crippen LogP contribution in [0.25, 0.3) is 5.52 Å². The third kappa shape index (κ3) is 1.57. The maximum atomic E-state index is 10.7. The largest absolute Gasteiger partial charge is 0.478 e. The van der Waals surface area contributed by atoms with Gasteiger partial charge in [0.1, 0.15) is 0 Å². The fourth-order valence-electron chi connectivity index (χ4n) is 1.22. The third-order valence-corrected chi connectivity index (χ3v) is 3.70. The number of aromatic carboxylic acids is 1. The van der Waals surface area contributed by atoms with Gasteiger partial charge in [0.2, 0.25) is 0 Å². The minimum Gasteiger partial charge on any atom is -0.478 e. The number of carbonyl (C=O) groups is 1. The van der Waals surface area contributed by atoms with Gasteiger partial charge in [0, 0.05) is 26.9 Å². The predicted molar refractivity (Wildman–Crippen MR) is 59.8 cm³/mol. The first kappa shape index (κ1) is 9.73. The number of fused-ring (bicyclic) bond motifs is 1. The average Bonchev–Trinajstić information content (AvgIpc) is 2.48. The molecule has 0 aliphatic carbocycles. The molecular formula is C9H5Br2NO2. The molecule has 0 saturated heterocycles. The summed E-state index contributed by atoms with van der Waals surface area (Å²) in [5.41, 5.74) is 1.13. The lowest BCUT2D eigenvalue weighted by Gasteiger charge is -1.97. The quantitative estimate of drug-likeness (QED) is 0.877. The highest BCUT2D eigenvalue weighted by Gasteiger charge is 2.07. The van der Waals surface area contributed by atoms with Gasteiger partial charge in [0.15, 0.2) is 0 Å². The molecule has 2 aromatic heterocycles. The molecule has 1 N–H and O–H groups in total. The molecule has 5 heteroatoms. The molecule has 2 rings (SSSR count). The Kier molecular flexibility index (Phi) is 2.36. The molecular weight excluding hydrogens is 314 g/mol. The molecule has 0 fully saturated rings. The molecule has 0 atom stereocenters. The van der Waals surface area contributed by atoms with Crippen LogP contribution in [0.5, 0.6) is 0 Å². The van der Waals surface area contributed by atoms with Crippen molar-refractivity contribution >= 4 is 43.3 Å². The number of hydrogen-bond donors (Lipinski definition) is 1. The first-order valence-corrected chi connectivity index (χ1v) is 5.36. The zero-order chi connectivity index (χ0) is 10.3. The van der Waals surface area contributed by atoms with Crippen molar-refractivity contribution in [3.05, 3.63) is 39.0 Å². The molecule has 0 radical (unpaired) electrons. The molecule has 0 unspecified atom stereocenters. The number of pyridine rings is 1. The van der Waals surface area contributed by atoms with Gasteiger partial charge in [-0.2, -0.15) is 0 Å². The number of nitrogens with zero attached hydrogens (tertiary/aromatic N) is 1. The van der Waals surface area contributed by atoms with Crippen molar-refractivity contribution in [1.29, 1.82) is 0 Å². The van der Waals surface area contributed by atoms with E-state index in [9.17, 15) is 4.79 Å². The Bertz CT molecular complexity index is 480. The van der Waals surface area contributed by atoms with Crippen molar-refractivity contribution in [2.45, 2.75) is 0 Å². The Morgan fingerprint density at radius 1 is 1.21 bits per heavy atom. The minimum absolute atomic E-state index is 0.287. The molecule has 0 spiro atoms. The van der Waals surface area contributed by atoms with Crippen molar-refractivity contribution in [2.24, 2.45) is 0 Å². The van der Waals surface area contributed by atoms with Gasteiger partial charge in [-0.1, -0.05) is 0 Å². The van der Waals surface area contributed by atoms with Crippen LogP contribution in [0.4, 0.5) is 0 Å². The van der Waals surface area contributed by atoms with Gasteiger partial charge in [-0.25, -0.2) is 4.79 Å². The zero-order valence-electron chi connectivity index (χ0n) is 6.87. The molecule has 2 heterocycles. The van der Waals surface area contributed by atoms with E-state index in [0.717, 1.165) is 14.5 Å². The molecule has 0 bridgehead atoms. The van der Waals surface area contributed by atoms with Gasteiger partial charge in [0.05, 0.1) is 5.56 Å². The molecule has 72 valence electrons. The van der Waals surface area contributed by atoms with Gasteiger partial charge in [-0.05, 0) is 44.0 Å². The molecule has 0 saturated carbocycles. The SMILES string of the molecule is O=C(O)c1cc2cc(Br)c(Br)cn2c1. The summed E-state index contributed by atoms with van der Waals surface area (Å²) < 4.78 is 3.55. The van der Waals surface area contributed by atoms with Crippen molar-refractivity contribution in [1.82, 2.24) is 4.40 Å². The number of aromatic nitrogens is 1. The maximum absolute atomic E-state index is 10.7. The second-order valence-corrected chi connectivity index (χ2v) is 4.54. The monoisotopic (exact) mass is 317 g/mol. The van der Waals surface area contributed by atoms with Crippen molar-refractivity contribution in [2.75, 3.05) is 0 Å². The number of carboxylic acid groups (broad SMARTS) is 1. The summed E-state index contributed by atoms with van der Waals surface area (Å²) in [6.45, 7) is 0. The molecule has 0 aliphatic rings. The number of halogens is 2. The van der Waals surface area contributed by atoms with E-state index in [1.165, 1.54) is 0 Å². The van der Waals surface area contributed by atoms with Gasteiger partial charge < -0.3 is 9.51 Å². The molecule has 0 aromatic carbocycles. The van der Waals surface area contributed by atoms with Crippen LogP contribution in [-0.4, -0.2) is 15.5 Å². The van der Waals surface area contributed by atoms with Crippen LogP contribution in [0.3, 0.4) is 0 Å². The Morgan fingerprint density at radius 2 is 1.93 bits per heavy atom. The highest BCUT2D eigenvalue weighted by atomic mass is 79.9. The van der Waals surface area contributed by atoms with E-state index in [-0.39, 0.29) is 5.56 Å². The lowest BCUT2D eigenvalue weighted by molar-refractivity contribution is 0.0697. The number of rotatable bonds is 1. The van der Waals surface area contributed by atoms with Crippen molar-refractivity contribution in [3.8, 4) is 0 Å². The molecule has 0 amide bonds. The highest BCUT2D eigenvalue weighted by Crippen LogP contribution is 2.25. The van der Waals surface area contributed by atoms with E-state index in [0.29, 0.717) is 0 Å². The van der Waals surface area contributed by atoms with Crippen molar-refractivity contribution < 1.29 is 9.90 Å². The molecule has 3 nitrogen and oxygen atoms in total.